The van der Waals surface area contributed by atoms with E-state index < -0.39 is 31.1 Å². The summed E-state index contributed by atoms with van der Waals surface area (Å²) < 4.78 is 6.79. The van der Waals surface area contributed by atoms with Crippen LogP contribution in [0.5, 0.6) is 0 Å². The number of rotatable bonds is 2. The van der Waals surface area contributed by atoms with Gasteiger partial charge in [0.25, 0.3) is 0 Å². The maximum Gasteiger partial charge on any atom is 0.224 e. The van der Waals surface area contributed by atoms with Crippen molar-refractivity contribution in [1.29, 1.82) is 0 Å². The van der Waals surface area contributed by atoms with Crippen LogP contribution in [0.3, 0.4) is 0 Å². The summed E-state index contributed by atoms with van der Waals surface area (Å²) >= 11 is 0. The first-order valence-electron chi connectivity index (χ1n) is 5.91. The van der Waals surface area contributed by atoms with E-state index in [1.54, 1.807) is 0 Å². The molecular formula is C10H14N6O4. The number of ether oxygens (including phenoxy) is 1. The second-order valence-corrected chi connectivity index (χ2v) is 4.52. The average molecular weight is 282 g/mol. The molecule has 0 unspecified atom stereocenters. The molecule has 4 atom stereocenters. The molecule has 0 radical (unpaired) electrons. The molecule has 20 heavy (non-hydrogen) atoms. The van der Waals surface area contributed by atoms with Crippen molar-refractivity contribution in [3.8, 4) is 0 Å². The van der Waals surface area contributed by atoms with Gasteiger partial charge in [0.1, 0.15) is 23.8 Å². The predicted molar refractivity (Wildman–Crippen MR) is 67.2 cm³/mol. The van der Waals surface area contributed by atoms with Gasteiger partial charge in [0.2, 0.25) is 5.95 Å². The largest absolute Gasteiger partial charge is 0.394 e. The highest BCUT2D eigenvalue weighted by molar-refractivity contribution is 5.82. The summed E-state index contributed by atoms with van der Waals surface area (Å²) in [4.78, 5) is 11.8. The zero-order chi connectivity index (χ0) is 14.4. The first-order chi connectivity index (χ1) is 9.52. The molecule has 7 N–H and O–H groups in total. The Bertz CT molecular complexity index is 646. The van der Waals surface area contributed by atoms with Crippen LogP contribution in [0.4, 0.5) is 11.8 Å². The van der Waals surface area contributed by atoms with Gasteiger partial charge in [0.15, 0.2) is 17.7 Å². The first-order valence-corrected chi connectivity index (χ1v) is 5.91. The maximum atomic E-state index is 9.99. The van der Waals surface area contributed by atoms with Crippen LogP contribution >= 0.6 is 0 Å². The third kappa shape index (κ3) is 1.78. The minimum Gasteiger partial charge on any atom is -0.394 e. The Morgan fingerprint density at radius 2 is 2.00 bits per heavy atom. The fourth-order valence-electron chi connectivity index (χ4n) is 2.25. The van der Waals surface area contributed by atoms with E-state index in [1.807, 2.05) is 0 Å². The highest BCUT2D eigenvalue weighted by atomic mass is 16.6. The van der Waals surface area contributed by atoms with E-state index in [1.165, 1.54) is 10.9 Å². The molecule has 0 aromatic carbocycles. The molecule has 1 aliphatic heterocycles. The van der Waals surface area contributed by atoms with Crippen LogP contribution in [-0.2, 0) is 4.74 Å². The summed E-state index contributed by atoms with van der Waals surface area (Å²) in [7, 11) is 0. The summed E-state index contributed by atoms with van der Waals surface area (Å²) in [5.41, 5.74) is 11.8. The lowest BCUT2D eigenvalue weighted by Crippen LogP contribution is -2.33. The number of nitrogen functional groups attached to an aromatic ring is 2. The molecule has 1 aliphatic rings. The van der Waals surface area contributed by atoms with Gasteiger partial charge < -0.3 is 31.5 Å². The van der Waals surface area contributed by atoms with Crippen LogP contribution in [0.15, 0.2) is 6.33 Å². The second kappa shape index (κ2) is 4.52. The molecule has 0 amide bonds. The smallest absolute Gasteiger partial charge is 0.224 e. The highest BCUT2D eigenvalue weighted by Gasteiger charge is 2.44. The maximum absolute atomic E-state index is 9.99. The summed E-state index contributed by atoms with van der Waals surface area (Å²) in [5.74, 6) is 0.0708. The Balaban J connectivity index is 2.07. The van der Waals surface area contributed by atoms with Crippen LogP contribution in [0, 0.1) is 0 Å². The van der Waals surface area contributed by atoms with E-state index in [4.69, 9.17) is 21.3 Å². The van der Waals surface area contributed by atoms with Crippen LogP contribution in [0.25, 0.3) is 11.2 Å². The molecule has 10 nitrogen and oxygen atoms in total. The quantitative estimate of drug-likeness (QED) is 0.403. The molecule has 0 spiro atoms. The number of hydrogen-bond donors (Lipinski definition) is 5. The predicted octanol–water partition coefficient (Wildman–Crippen LogP) is -2.40. The molecule has 0 aliphatic carbocycles. The molecule has 2 aromatic rings. The number of aliphatic hydroxyl groups excluding tert-OH is 3. The lowest BCUT2D eigenvalue weighted by Gasteiger charge is -2.16. The van der Waals surface area contributed by atoms with Crippen molar-refractivity contribution in [1.82, 2.24) is 19.5 Å². The number of imidazole rings is 1. The number of nitrogens with zero attached hydrogens (tertiary/aromatic N) is 4. The second-order valence-electron chi connectivity index (χ2n) is 4.52. The molecule has 0 saturated carbocycles. The number of aromatic nitrogens is 4. The van der Waals surface area contributed by atoms with Crippen LogP contribution < -0.4 is 11.5 Å². The number of nitrogens with two attached hydrogens (primary N) is 2. The van der Waals surface area contributed by atoms with Crippen molar-refractivity contribution < 1.29 is 20.1 Å². The Labute approximate surface area is 112 Å². The standard InChI is InChI=1S/C10H14N6O4/c11-7-4-8(15-10(12)14-7)16(2-13-4)9-6(19)5(18)3(1-17)20-9/h2-3,5-6,9,17-19H,1H2,(H4,11,12,14,15)/t3-,5+,6-,9-/m0/s1. The first kappa shape index (κ1) is 13.0. The zero-order valence-corrected chi connectivity index (χ0v) is 10.3. The van der Waals surface area contributed by atoms with E-state index in [-0.39, 0.29) is 17.4 Å². The molecule has 108 valence electrons. The van der Waals surface area contributed by atoms with E-state index in [0.29, 0.717) is 5.52 Å². The van der Waals surface area contributed by atoms with Gasteiger partial charge >= 0.3 is 0 Å². The van der Waals surface area contributed by atoms with Crippen molar-refractivity contribution in [2.75, 3.05) is 18.1 Å². The summed E-state index contributed by atoms with van der Waals surface area (Å²) in [5, 5.41) is 28.8. The van der Waals surface area contributed by atoms with Gasteiger partial charge in [-0.15, -0.1) is 0 Å². The van der Waals surface area contributed by atoms with Crippen molar-refractivity contribution in [2.45, 2.75) is 24.5 Å². The molecule has 1 saturated heterocycles. The van der Waals surface area contributed by atoms with Gasteiger partial charge in [0.05, 0.1) is 12.9 Å². The number of anilines is 2. The van der Waals surface area contributed by atoms with E-state index >= 15 is 0 Å². The lowest BCUT2D eigenvalue weighted by molar-refractivity contribution is -0.0511. The molecule has 10 heteroatoms. The Hall–Kier alpha value is -2.01. The Morgan fingerprint density at radius 1 is 1.25 bits per heavy atom. The highest BCUT2D eigenvalue weighted by Crippen LogP contribution is 2.31. The van der Waals surface area contributed by atoms with Gasteiger partial charge in [-0.05, 0) is 0 Å². The van der Waals surface area contributed by atoms with Crippen LogP contribution in [0.2, 0.25) is 0 Å². The van der Waals surface area contributed by atoms with E-state index in [2.05, 4.69) is 15.0 Å². The SMILES string of the molecule is Nc1nc(N)c2ncn([C@H]3O[C@@H](CO)[C@@H](O)[C@@H]3O)c2n1. The topological polar surface area (TPSA) is 166 Å². The normalized spacial score (nSPS) is 30.1. The molecule has 3 rings (SSSR count). The average Bonchev–Trinajstić information content (AvgIpc) is 2.93. The van der Waals surface area contributed by atoms with Gasteiger partial charge in [-0.2, -0.15) is 9.97 Å². The van der Waals surface area contributed by atoms with Crippen LogP contribution in [0.1, 0.15) is 6.23 Å². The van der Waals surface area contributed by atoms with Gasteiger partial charge in [-0.1, -0.05) is 0 Å². The van der Waals surface area contributed by atoms with Crippen molar-refractivity contribution >= 4 is 22.9 Å². The van der Waals surface area contributed by atoms with Gasteiger partial charge in [-0.25, -0.2) is 4.98 Å². The molecule has 0 bridgehead atoms. The summed E-state index contributed by atoms with van der Waals surface area (Å²) in [6.45, 7) is -0.416. The fraction of sp³-hybridized carbons (Fsp3) is 0.500. The Morgan fingerprint density at radius 3 is 2.65 bits per heavy atom. The summed E-state index contributed by atoms with van der Waals surface area (Å²) in [6.07, 6.45) is -2.92. The zero-order valence-electron chi connectivity index (χ0n) is 10.3. The minimum atomic E-state index is -1.23. The van der Waals surface area contributed by atoms with Crippen LogP contribution in [-0.4, -0.2) is 59.8 Å². The molecule has 1 fully saturated rings. The lowest BCUT2D eigenvalue weighted by atomic mass is 10.1. The van der Waals surface area contributed by atoms with Crippen molar-refractivity contribution in [3.63, 3.8) is 0 Å². The van der Waals surface area contributed by atoms with E-state index in [9.17, 15) is 10.2 Å². The van der Waals surface area contributed by atoms with Crippen molar-refractivity contribution in [2.24, 2.45) is 0 Å². The minimum absolute atomic E-state index is 0.0384. The molecule has 2 aromatic heterocycles. The third-order valence-corrected chi connectivity index (χ3v) is 3.26. The molecule has 3 heterocycles. The number of fused-ring (bicyclic) bond motifs is 1. The number of hydrogen-bond acceptors (Lipinski definition) is 9. The monoisotopic (exact) mass is 282 g/mol. The van der Waals surface area contributed by atoms with Crippen molar-refractivity contribution in [3.05, 3.63) is 6.33 Å². The summed E-state index contributed by atoms with van der Waals surface area (Å²) in [6, 6.07) is 0. The van der Waals surface area contributed by atoms with E-state index in [0.717, 1.165) is 0 Å². The molecular weight excluding hydrogens is 268 g/mol. The van der Waals surface area contributed by atoms with Gasteiger partial charge in [0, 0.05) is 0 Å². The fourth-order valence-corrected chi connectivity index (χ4v) is 2.25. The number of aliphatic hydroxyl groups is 3. The Kier molecular flexibility index (Phi) is 2.94. The third-order valence-electron chi connectivity index (χ3n) is 3.26. The van der Waals surface area contributed by atoms with Gasteiger partial charge in [-0.3, -0.25) is 4.57 Å².